The molecule has 0 aliphatic heterocycles. The summed E-state index contributed by atoms with van der Waals surface area (Å²) in [6, 6.07) is 0. The average Bonchev–Trinajstić information content (AvgIpc) is 2.24. The fourth-order valence-electron chi connectivity index (χ4n) is 2.12. The lowest BCUT2D eigenvalue weighted by Gasteiger charge is -2.47. The summed E-state index contributed by atoms with van der Waals surface area (Å²) in [4.78, 5) is 22.4. The molecular formula is C12H24N2O5. The van der Waals surface area contributed by atoms with Gasteiger partial charge in [-0.05, 0) is 13.8 Å². The molecule has 0 saturated carbocycles. The van der Waals surface area contributed by atoms with E-state index in [4.69, 9.17) is 10.8 Å². The van der Waals surface area contributed by atoms with Crippen LogP contribution in [-0.2, 0) is 9.59 Å². The third kappa shape index (κ3) is 4.15. The summed E-state index contributed by atoms with van der Waals surface area (Å²) in [5, 5.41) is 31.7. The Labute approximate surface area is 112 Å². The summed E-state index contributed by atoms with van der Waals surface area (Å²) >= 11 is 0. The van der Waals surface area contributed by atoms with E-state index in [1.807, 2.05) is 0 Å². The predicted octanol–water partition coefficient (Wildman–Crippen LogP) is -1.50. The fourth-order valence-corrected chi connectivity index (χ4v) is 2.12. The number of rotatable bonds is 7. The lowest BCUT2D eigenvalue weighted by atomic mass is 9.70. The van der Waals surface area contributed by atoms with Crippen LogP contribution in [0.3, 0.4) is 0 Å². The number of aliphatic hydroxyl groups excluding tert-OH is 2. The van der Waals surface area contributed by atoms with Crippen molar-refractivity contribution in [3.8, 4) is 0 Å². The van der Waals surface area contributed by atoms with Gasteiger partial charge in [-0.15, -0.1) is 0 Å². The molecule has 0 aliphatic rings. The van der Waals surface area contributed by atoms with Gasteiger partial charge in [-0.1, -0.05) is 6.92 Å². The van der Waals surface area contributed by atoms with Crippen LogP contribution < -0.4 is 11.1 Å². The fraction of sp³-hybridized carbons (Fsp3) is 0.833. The summed E-state index contributed by atoms with van der Waals surface area (Å²) in [5.74, 6) is -1.91. The number of amides is 2. The Morgan fingerprint density at radius 2 is 1.84 bits per heavy atom. The first kappa shape index (κ1) is 17.8. The Kier molecular flexibility index (Phi) is 5.92. The zero-order chi connectivity index (χ0) is 15.4. The number of hydrogen-bond donors (Lipinski definition) is 5. The zero-order valence-corrected chi connectivity index (χ0v) is 11.8. The minimum Gasteiger partial charge on any atom is -0.394 e. The van der Waals surface area contributed by atoms with E-state index in [0.717, 1.165) is 0 Å². The van der Waals surface area contributed by atoms with E-state index < -0.39 is 41.6 Å². The second-order valence-electron chi connectivity index (χ2n) is 5.34. The molecule has 0 aromatic rings. The molecule has 7 nitrogen and oxygen atoms in total. The molecule has 0 heterocycles. The highest BCUT2D eigenvalue weighted by molar-refractivity contribution is 5.78. The molecule has 0 radical (unpaired) electrons. The van der Waals surface area contributed by atoms with Crippen LogP contribution in [0.1, 0.15) is 34.1 Å². The second-order valence-corrected chi connectivity index (χ2v) is 5.34. The van der Waals surface area contributed by atoms with Gasteiger partial charge < -0.3 is 26.4 Å². The first-order chi connectivity index (χ1) is 8.48. The van der Waals surface area contributed by atoms with Gasteiger partial charge in [-0.2, -0.15) is 0 Å². The Balaban J connectivity index is 5.43. The molecule has 19 heavy (non-hydrogen) atoms. The van der Waals surface area contributed by atoms with Crippen molar-refractivity contribution in [3.63, 3.8) is 0 Å². The third-order valence-electron chi connectivity index (χ3n) is 3.75. The quantitative estimate of drug-likeness (QED) is 0.386. The lowest BCUT2D eigenvalue weighted by molar-refractivity contribution is -0.143. The van der Waals surface area contributed by atoms with Crippen molar-refractivity contribution >= 4 is 11.8 Å². The number of nitrogens with one attached hydrogen (secondary N) is 1. The Morgan fingerprint density at radius 3 is 2.16 bits per heavy atom. The van der Waals surface area contributed by atoms with Gasteiger partial charge in [0, 0.05) is 12.8 Å². The van der Waals surface area contributed by atoms with Crippen LogP contribution in [0.15, 0.2) is 0 Å². The molecule has 4 atom stereocenters. The molecule has 7 heteroatoms. The summed E-state index contributed by atoms with van der Waals surface area (Å²) in [6.45, 7) is 5.09. The molecule has 6 N–H and O–H groups in total. The van der Waals surface area contributed by atoms with Gasteiger partial charge in [0.1, 0.15) is 0 Å². The van der Waals surface area contributed by atoms with Crippen molar-refractivity contribution in [2.75, 3.05) is 6.61 Å². The molecule has 0 aromatic heterocycles. The highest BCUT2D eigenvalue weighted by Crippen LogP contribution is 2.34. The molecule has 0 aromatic carbocycles. The van der Waals surface area contributed by atoms with Gasteiger partial charge in [0.2, 0.25) is 11.8 Å². The molecule has 0 saturated heterocycles. The van der Waals surface area contributed by atoms with E-state index in [1.165, 1.54) is 27.7 Å². The normalized spacial score (nSPS) is 20.8. The topological polar surface area (TPSA) is 133 Å². The summed E-state index contributed by atoms with van der Waals surface area (Å²) in [5.41, 5.74) is 2.16. The molecule has 0 rings (SSSR count). The molecular weight excluding hydrogens is 252 g/mol. The van der Waals surface area contributed by atoms with Crippen molar-refractivity contribution < 1.29 is 24.9 Å². The molecule has 0 spiro atoms. The maximum atomic E-state index is 11.3. The summed E-state index contributed by atoms with van der Waals surface area (Å²) < 4.78 is 0. The van der Waals surface area contributed by atoms with E-state index >= 15 is 0 Å². The number of primary amides is 1. The van der Waals surface area contributed by atoms with E-state index in [1.54, 1.807) is 0 Å². The van der Waals surface area contributed by atoms with E-state index in [2.05, 4.69) is 5.32 Å². The first-order valence-corrected chi connectivity index (χ1v) is 6.06. The molecule has 0 bridgehead atoms. The zero-order valence-electron chi connectivity index (χ0n) is 11.8. The predicted molar refractivity (Wildman–Crippen MR) is 68.9 cm³/mol. The maximum absolute atomic E-state index is 11.3. The number of carbonyl (C=O) groups is 2. The standard InChI is InChI=1S/C12H24N2O5/c1-7(9(17)6-15)12(4,19)11(3,5-10(13)18)14-8(2)16/h7,9,15,17,19H,5-6H2,1-4H3,(H2,13,18)(H,14,16). The van der Waals surface area contributed by atoms with Crippen molar-refractivity contribution in [2.24, 2.45) is 11.7 Å². The maximum Gasteiger partial charge on any atom is 0.219 e. The van der Waals surface area contributed by atoms with Crippen LogP contribution in [0.2, 0.25) is 0 Å². The third-order valence-corrected chi connectivity index (χ3v) is 3.75. The van der Waals surface area contributed by atoms with Crippen LogP contribution in [-0.4, -0.2) is 51.0 Å². The largest absolute Gasteiger partial charge is 0.394 e. The summed E-state index contributed by atoms with van der Waals surface area (Å²) in [6.07, 6.45) is -1.47. The van der Waals surface area contributed by atoms with Crippen molar-refractivity contribution in [3.05, 3.63) is 0 Å². The highest BCUT2D eigenvalue weighted by atomic mass is 16.3. The molecule has 4 unspecified atom stereocenters. The molecule has 0 aliphatic carbocycles. The number of aliphatic hydroxyl groups is 3. The Hall–Kier alpha value is -1.18. The van der Waals surface area contributed by atoms with Crippen LogP contribution >= 0.6 is 0 Å². The molecule has 112 valence electrons. The number of hydrogen-bond acceptors (Lipinski definition) is 5. The monoisotopic (exact) mass is 276 g/mol. The first-order valence-electron chi connectivity index (χ1n) is 6.06. The Bertz CT molecular complexity index is 327. The number of nitrogens with two attached hydrogens (primary N) is 1. The molecule has 0 fully saturated rings. The lowest BCUT2D eigenvalue weighted by Crippen LogP contribution is -2.66. The van der Waals surface area contributed by atoms with Gasteiger partial charge in [-0.25, -0.2) is 0 Å². The van der Waals surface area contributed by atoms with E-state index in [0.29, 0.717) is 0 Å². The average molecular weight is 276 g/mol. The van der Waals surface area contributed by atoms with E-state index in [9.17, 15) is 19.8 Å². The smallest absolute Gasteiger partial charge is 0.219 e. The molecule has 2 amide bonds. The summed E-state index contributed by atoms with van der Waals surface area (Å²) in [7, 11) is 0. The minimum absolute atomic E-state index is 0.290. The second kappa shape index (κ2) is 6.31. The van der Waals surface area contributed by atoms with Crippen LogP contribution in [0, 0.1) is 5.92 Å². The van der Waals surface area contributed by atoms with E-state index in [-0.39, 0.29) is 6.42 Å². The Morgan fingerprint density at radius 1 is 1.37 bits per heavy atom. The highest BCUT2D eigenvalue weighted by Gasteiger charge is 2.50. The van der Waals surface area contributed by atoms with Crippen molar-refractivity contribution in [1.29, 1.82) is 0 Å². The number of carbonyl (C=O) groups excluding carboxylic acids is 2. The van der Waals surface area contributed by atoms with Gasteiger partial charge in [0.05, 0.1) is 30.3 Å². The van der Waals surface area contributed by atoms with Crippen LogP contribution in [0.4, 0.5) is 0 Å². The van der Waals surface area contributed by atoms with Gasteiger partial charge >= 0.3 is 0 Å². The van der Waals surface area contributed by atoms with Crippen molar-refractivity contribution in [2.45, 2.75) is 51.4 Å². The van der Waals surface area contributed by atoms with Crippen molar-refractivity contribution in [1.82, 2.24) is 5.32 Å². The minimum atomic E-state index is -1.64. The van der Waals surface area contributed by atoms with Gasteiger partial charge in [-0.3, -0.25) is 9.59 Å². The van der Waals surface area contributed by atoms with Gasteiger partial charge in [0.15, 0.2) is 0 Å². The van der Waals surface area contributed by atoms with Crippen LogP contribution in [0.5, 0.6) is 0 Å². The van der Waals surface area contributed by atoms with Gasteiger partial charge in [0.25, 0.3) is 0 Å². The van der Waals surface area contributed by atoms with Crippen LogP contribution in [0.25, 0.3) is 0 Å². The SMILES string of the molecule is CC(=O)NC(C)(CC(N)=O)C(C)(O)C(C)C(O)CO.